The van der Waals surface area contributed by atoms with Gasteiger partial charge in [0.2, 0.25) is 10.0 Å². The van der Waals surface area contributed by atoms with Gasteiger partial charge < -0.3 is 4.90 Å². The Hall–Kier alpha value is -2.67. The average molecular weight is 465 g/mol. The van der Waals surface area contributed by atoms with Gasteiger partial charge in [0.1, 0.15) is 10.7 Å². The summed E-state index contributed by atoms with van der Waals surface area (Å²) in [6, 6.07) is 6.73. The Morgan fingerprint density at radius 1 is 1.07 bits per heavy atom. The maximum absolute atomic E-state index is 12.8. The Bertz CT molecular complexity index is 1160. The summed E-state index contributed by atoms with van der Waals surface area (Å²) in [6.45, 7) is 0.784. The van der Waals surface area contributed by atoms with Crippen LogP contribution in [0.3, 0.4) is 0 Å². The van der Waals surface area contributed by atoms with Gasteiger partial charge in [-0.1, -0.05) is 0 Å². The molecule has 0 saturated carbocycles. The number of hydrogen-bond donors (Lipinski definition) is 0. The number of carbonyl (C=O) groups is 1. The summed E-state index contributed by atoms with van der Waals surface area (Å²) in [5, 5.41) is 17.2. The van der Waals surface area contributed by atoms with Crippen LogP contribution >= 0.6 is 22.7 Å². The normalized spacial score (nSPS) is 15.3. The number of benzene rings is 1. The summed E-state index contributed by atoms with van der Waals surface area (Å²) in [7, 11) is -3.78. The molecule has 156 valence electrons. The number of rotatable bonds is 5. The third-order valence-corrected chi connectivity index (χ3v) is 8.19. The van der Waals surface area contributed by atoms with Crippen molar-refractivity contribution in [3.8, 4) is 10.6 Å². The zero-order valence-corrected chi connectivity index (χ0v) is 18.0. The second-order valence-corrected chi connectivity index (χ2v) is 10.1. The molecule has 12 heteroatoms. The van der Waals surface area contributed by atoms with Crippen LogP contribution in [0.25, 0.3) is 10.6 Å². The van der Waals surface area contributed by atoms with Crippen LogP contribution < -0.4 is 0 Å². The van der Waals surface area contributed by atoms with Crippen molar-refractivity contribution in [1.29, 1.82) is 0 Å². The van der Waals surface area contributed by atoms with Gasteiger partial charge in [-0.15, -0.1) is 11.3 Å². The van der Waals surface area contributed by atoms with Gasteiger partial charge in [0.05, 0.1) is 9.82 Å². The largest absolute Gasteiger partial charge is 0.335 e. The van der Waals surface area contributed by atoms with E-state index >= 15 is 0 Å². The number of thiazole rings is 1. The summed E-state index contributed by atoms with van der Waals surface area (Å²) in [5.74, 6) is -0.222. The molecular weight excluding hydrogens is 448 g/mol. The predicted octanol–water partition coefficient (Wildman–Crippen LogP) is 2.93. The first-order valence-electron chi connectivity index (χ1n) is 8.88. The van der Waals surface area contributed by atoms with Gasteiger partial charge in [-0.25, -0.2) is 13.4 Å². The fourth-order valence-corrected chi connectivity index (χ4v) is 6.00. The zero-order valence-electron chi connectivity index (χ0n) is 15.5. The minimum Gasteiger partial charge on any atom is -0.335 e. The van der Waals surface area contributed by atoms with E-state index in [2.05, 4.69) is 4.98 Å². The van der Waals surface area contributed by atoms with E-state index in [9.17, 15) is 23.3 Å². The molecule has 1 aliphatic rings. The van der Waals surface area contributed by atoms with Gasteiger partial charge in [-0.05, 0) is 23.6 Å². The Kier molecular flexibility index (Phi) is 5.64. The quantitative estimate of drug-likeness (QED) is 0.424. The molecule has 0 radical (unpaired) electrons. The maximum Gasteiger partial charge on any atom is 0.273 e. The molecule has 0 N–H and O–H groups in total. The van der Waals surface area contributed by atoms with Gasteiger partial charge in [0.25, 0.3) is 11.6 Å². The van der Waals surface area contributed by atoms with Gasteiger partial charge in [0.15, 0.2) is 0 Å². The standard InChI is InChI=1S/C18H16N4O5S3/c23-18(16-12-29-17(19-16)13-5-10-28-11-13)20-6-8-21(9-7-20)30(26,27)15-3-1-14(2-4-15)22(24)25/h1-5,10-12H,6-9H2. The van der Waals surface area contributed by atoms with Gasteiger partial charge >= 0.3 is 0 Å². The number of carbonyl (C=O) groups excluding carboxylic acids is 1. The molecule has 3 aromatic rings. The van der Waals surface area contributed by atoms with Crippen molar-refractivity contribution >= 4 is 44.3 Å². The fourth-order valence-electron chi connectivity index (χ4n) is 3.07. The van der Waals surface area contributed by atoms with E-state index in [4.69, 9.17) is 0 Å². The summed E-state index contributed by atoms with van der Waals surface area (Å²) < 4.78 is 26.9. The molecule has 9 nitrogen and oxygen atoms in total. The van der Waals surface area contributed by atoms with E-state index in [1.807, 2.05) is 16.8 Å². The highest BCUT2D eigenvalue weighted by atomic mass is 32.2. The third kappa shape index (κ3) is 3.99. The Morgan fingerprint density at radius 3 is 2.37 bits per heavy atom. The van der Waals surface area contributed by atoms with Crippen molar-refractivity contribution in [2.45, 2.75) is 4.90 Å². The van der Waals surface area contributed by atoms with E-state index in [-0.39, 0.29) is 42.7 Å². The molecule has 30 heavy (non-hydrogen) atoms. The van der Waals surface area contributed by atoms with Crippen molar-refractivity contribution in [3.05, 3.63) is 62.3 Å². The lowest BCUT2D eigenvalue weighted by atomic mass is 10.3. The number of sulfonamides is 1. The van der Waals surface area contributed by atoms with Crippen molar-refractivity contribution in [2.75, 3.05) is 26.2 Å². The topological polar surface area (TPSA) is 114 Å². The van der Waals surface area contributed by atoms with E-state index in [1.54, 1.807) is 21.6 Å². The first-order valence-corrected chi connectivity index (χ1v) is 12.1. The van der Waals surface area contributed by atoms with Crippen molar-refractivity contribution in [3.63, 3.8) is 0 Å². The highest BCUT2D eigenvalue weighted by Gasteiger charge is 2.31. The number of thiophene rings is 1. The smallest absolute Gasteiger partial charge is 0.273 e. The minimum absolute atomic E-state index is 0.00668. The molecule has 1 fully saturated rings. The zero-order chi connectivity index (χ0) is 21.3. The highest BCUT2D eigenvalue weighted by molar-refractivity contribution is 7.89. The number of aromatic nitrogens is 1. The van der Waals surface area contributed by atoms with E-state index in [0.717, 1.165) is 10.6 Å². The molecule has 3 heterocycles. The summed E-state index contributed by atoms with van der Waals surface area (Å²) >= 11 is 2.96. The van der Waals surface area contributed by atoms with Crippen LogP contribution in [0.5, 0.6) is 0 Å². The molecule has 0 unspecified atom stereocenters. The molecule has 1 aromatic carbocycles. The van der Waals surface area contributed by atoms with Crippen LogP contribution in [-0.4, -0.2) is 59.6 Å². The van der Waals surface area contributed by atoms with Crippen LogP contribution in [0.4, 0.5) is 5.69 Å². The highest BCUT2D eigenvalue weighted by Crippen LogP contribution is 2.27. The first kappa shape index (κ1) is 20.6. The van der Waals surface area contributed by atoms with Crippen molar-refractivity contribution < 1.29 is 18.1 Å². The van der Waals surface area contributed by atoms with E-state index < -0.39 is 14.9 Å². The SMILES string of the molecule is O=C(c1csc(-c2ccsc2)n1)N1CCN(S(=O)(=O)c2ccc([N+](=O)[O-])cc2)CC1. The molecule has 1 amide bonds. The number of nitro groups is 1. The van der Waals surface area contributed by atoms with Crippen LogP contribution in [0.15, 0.2) is 51.4 Å². The molecule has 1 aliphatic heterocycles. The summed E-state index contributed by atoms with van der Waals surface area (Å²) in [5.41, 5.74) is 1.16. The third-order valence-electron chi connectivity index (χ3n) is 4.70. The molecule has 0 atom stereocenters. The van der Waals surface area contributed by atoms with E-state index in [1.165, 1.54) is 39.9 Å². The molecule has 0 aliphatic carbocycles. The summed E-state index contributed by atoms with van der Waals surface area (Å²) in [4.78, 5) is 28.9. The molecule has 0 spiro atoms. The average Bonchev–Trinajstić information content (AvgIpc) is 3.45. The number of hydrogen-bond acceptors (Lipinski definition) is 8. The van der Waals surface area contributed by atoms with Crippen molar-refractivity contribution in [2.24, 2.45) is 0 Å². The lowest BCUT2D eigenvalue weighted by Crippen LogP contribution is -2.50. The van der Waals surface area contributed by atoms with E-state index in [0.29, 0.717) is 5.69 Å². The lowest BCUT2D eigenvalue weighted by molar-refractivity contribution is -0.384. The van der Waals surface area contributed by atoms with Gasteiger partial charge in [-0.3, -0.25) is 14.9 Å². The lowest BCUT2D eigenvalue weighted by Gasteiger charge is -2.33. The Labute approximate surface area is 180 Å². The molecule has 0 bridgehead atoms. The van der Waals surface area contributed by atoms with Crippen LogP contribution in [-0.2, 0) is 10.0 Å². The molecule has 2 aromatic heterocycles. The molecule has 4 rings (SSSR count). The summed E-state index contributed by atoms with van der Waals surface area (Å²) in [6.07, 6.45) is 0. The number of nitro benzene ring substituents is 1. The fraction of sp³-hybridized carbons (Fsp3) is 0.222. The first-order chi connectivity index (χ1) is 14.4. The Balaban J connectivity index is 1.42. The van der Waals surface area contributed by atoms with Crippen LogP contribution in [0.2, 0.25) is 0 Å². The minimum atomic E-state index is -3.78. The van der Waals surface area contributed by atoms with Crippen molar-refractivity contribution in [1.82, 2.24) is 14.2 Å². The van der Waals surface area contributed by atoms with Gasteiger partial charge in [0, 0.05) is 54.6 Å². The monoisotopic (exact) mass is 464 g/mol. The van der Waals surface area contributed by atoms with Gasteiger partial charge in [-0.2, -0.15) is 15.6 Å². The molecule has 1 saturated heterocycles. The number of non-ortho nitro benzene ring substituents is 1. The van der Waals surface area contributed by atoms with Crippen LogP contribution in [0, 0.1) is 10.1 Å². The number of piperazine rings is 1. The second-order valence-electron chi connectivity index (χ2n) is 6.50. The van der Waals surface area contributed by atoms with Crippen LogP contribution in [0.1, 0.15) is 10.5 Å². The molecular formula is C18H16N4O5S3. The second kappa shape index (κ2) is 8.22. The maximum atomic E-state index is 12.8. The predicted molar refractivity (Wildman–Crippen MR) is 113 cm³/mol. The number of amides is 1. The Morgan fingerprint density at radius 2 is 1.77 bits per heavy atom. The number of nitrogens with zero attached hydrogens (tertiary/aromatic N) is 4.